The molecule has 1 aliphatic rings. The lowest BCUT2D eigenvalue weighted by Gasteiger charge is -2.22. The van der Waals surface area contributed by atoms with Gasteiger partial charge in [-0.15, -0.1) is 12.4 Å². The Balaban J connectivity index is 0.00000264. The third-order valence-electron chi connectivity index (χ3n) is 3.89. The van der Waals surface area contributed by atoms with Crippen molar-refractivity contribution in [2.24, 2.45) is 5.92 Å². The molecule has 3 nitrogen and oxygen atoms in total. The number of nitrogens with one attached hydrogen (secondary N) is 2. The van der Waals surface area contributed by atoms with Gasteiger partial charge >= 0.3 is 6.18 Å². The van der Waals surface area contributed by atoms with Crippen LogP contribution in [-0.2, 0) is 17.4 Å². The van der Waals surface area contributed by atoms with Gasteiger partial charge in [-0.25, -0.2) is 0 Å². The molecule has 1 atom stereocenters. The van der Waals surface area contributed by atoms with Crippen molar-refractivity contribution in [1.29, 1.82) is 0 Å². The Kier molecular flexibility index (Phi) is 7.85. The number of alkyl halides is 3. The molecule has 1 amide bonds. The Bertz CT molecular complexity index is 502. The smallest absolute Gasteiger partial charge is 0.356 e. The van der Waals surface area contributed by atoms with Gasteiger partial charge in [-0.2, -0.15) is 13.2 Å². The van der Waals surface area contributed by atoms with E-state index in [1.807, 2.05) is 0 Å². The maximum absolute atomic E-state index is 12.6. The highest BCUT2D eigenvalue weighted by molar-refractivity contribution is 5.85. The minimum Gasteiger partial charge on any atom is -0.356 e. The van der Waals surface area contributed by atoms with Gasteiger partial charge in [0.25, 0.3) is 0 Å². The van der Waals surface area contributed by atoms with Gasteiger partial charge in [0.2, 0.25) is 5.91 Å². The minimum atomic E-state index is -4.37. The van der Waals surface area contributed by atoms with Crippen LogP contribution in [-0.4, -0.2) is 25.5 Å². The molecule has 130 valence electrons. The van der Waals surface area contributed by atoms with Gasteiger partial charge in [0.05, 0.1) is 12.0 Å². The maximum Gasteiger partial charge on any atom is 0.416 e. The van der Waals surface area contributed by atoms with E-state index < -0.39 is 11.7 Å². The van der Waals surface area contributed by atoms with Crippen LogP contribution in [0.5, 0.6) is 0 Å². The predicted molar refractivity (Wildman–Crippen MR) is 85.6 cm³/mol. The zero-order valence-electron chi connectivity index (χ0n) is 12.8. The molecular formula is C16H22ClF3N2O. The maximum atomic E-state index is 12.6. The number of rotatable bonds is 5. The first-order chi connectivity index (χ1) is 10.4. The number of halogens is 4. The van der Waals surface area contributed by atoms with Crippen LogP contribution in [0.4, 0.5) is 13.2 Å². The molecule has 1 fully saturated rings. The highest BCUT2D eigenvalue weighted by Gasteiger charge is 2.30. The number of carbonyl (C=O) groups is 1. The van der Waals surface area contributed by atoms with E-state index in [0.29, 0.717) is 18.0 Å². The number of hydrogen-bond acceptors (Lipinski definition) is 2. The van der Waals surface area contributed by atoms with Gasteiger partial charge in [0, 0.05) is 6.54 Å². The van der Waals surface area contributed by atoms with Gasteiger partial charge in [0.15, 0.2) is 0 Å². The molecule has 1 aromatic carbocycles. The number of amides is 1. The monoisotopic (exact) mass is 350 g/mol. The molecular weight excluding hydrogens is 329 g/mol. The zero-order chi connectivity index (χ0) is 16.0. The lowest BCUT2D eigenvalue weighted by Crippen LogP contribution is -2.33. The van der Waals surface area contributed by atoms with E-state index >= 15 is 0 Å². The number of hydrogen-bond donors (Lipinski definition) is 2. The Morgan fingerprint density at radius 2 is 2.13 bits per heavy atom. The average Bonchev–Trinajstić information content (AvgIpc) is 2.48. The summed E-state index contributed by atoms with van der Waals surface area (Å²) < 4.78 is 37.8. The molecule has 1 heterocycles. The molecule has 0 saturated carbocycles. The molecule has 23 heavy (non-hydrogen) atoms. The Labute approximate surface area is 140 Å². The lowest BCUT2D eigenvalue weighted by atomic mass is 9.96. The van der Waals surface area contributed by atoms with E-state index in [9.17, 15) is 18.0 Å². The first-order valence-corrected chi connectivity index (χ1v) is 7.58. The summed E-state index contributed by atoms with van der Waals surface area (Å²) in [6.45, 7) is 2.60. The second-order valence-corrected chi connectivity index (χ2v) is 5.73. The summed E-state index contributed by atoms with van der Waals surface area (Å²) in [6, 6.07) is 4.92. The van der Waals surface area contributed by atoms with Crippen LogP contribution in [0.3, 0.4) is 0 Å². The Hall–Kier alpha value is -1.27. The fraction of sp³-hybridized carbons (Fsp3) is 0.562. The molecule has 0 bridgehead atoms. The highest BCUT2D eigenvalue weighted by atomic mass is 35.5. The van der Waals surface area contributed by atoms with E-state index in [0.717, 1.165) is 44.5 Å². The summed E-state index contributed by atoms with van der Waals surface area (Å²) in [4.78, 5) is 11.8. The van der Waals surface area contributed by atoms with Crippen molar-refractivity contribution in [3.63, 3.8) is 0 Å². The van der Waals surface area contributed by atoms with Crippen molar-refractivity contribution in [3.8, 4) is 0 Å². The van der Waals surface area contributed by atoms with Gasteiger partial charge in [-0.3, -0.25) is 4.79 Å². The van der Waals surface area contributed by atoms with E-state index in [1.165, 1.54) is 6.07 Å². The van der Waals surface area contributed by atoms with Crippen molar-refractivity contribution >= 4 is 18.3 Å². The SMILES string of the molecule is Cl.O=C(Cc1cccc(C(F)(F)F)c1)NCCC1CCCNC1. The second-order valence-electron chi connectivity index (χ2n) is 5.73. The molecule has 0 radical (unpaired) electrons. The molecule has 2 rings (SSSR count). The topological polar surface area (TPSA) is 41.1 Å². The van der Waals surface area contributed by atoms with E-state index in [-0.39, 0.29) is 24.7 Å². The molecule has 1 saturated heterocycles. The summed E-state index contributed by atoms with van der Waals surface area (Å²) in [5.41, 5.74) is -0.335. The molecule has 1 aromatic rings. The summed E-state index contributed by atoms with van der Waals surface area (Å²) >= 11 is 0. The van der Waals surface area contributed by atoms with Crippen LogP contribution in [0.15, 0.2) is 24.3 Å². The summed E-state index contributed by atoms with van der Waals surface area (Å²) in [5, 5.41) is 6.10. The third kappa shape index (κ3) is 6.79. The van der Waals surface area contributed by atoms with Crippen LogP contribution in [0.2, 0.25) is 0 Å². The van der Waals surface area contributed by atoms with Crippen molar-refractivity contribution in [1.82, 2.24) is 10.6 Å². The van der Waals surface area contributed by atoms with Gasteiger partial charge in [-0.05, 0) is 49.9 Å². The standard InChI is InChI=1S/C16H21F3N2O.ClH/c17-16(18,19)14-5-1-3-13(9-14)10-15(22)21-8-6-12-4-2-7-20-11-12;/h1,3,5,9,12,20H,2,4,6-8,10-11H2,(H,21,22);1H. The highest BCUT2D eigenvalue weighted by Crippen LogP contribution is 2.29. The first kappa shape index (κ1) is 19.8. The van der Waals surface area contributed by atoms with Crippen molar-refractivity contribution in [2.45, 2.75) is 31.9 Å². The van der Waals surface area contributed by atoms with Crippen molar-refractivity contribution in [2.75, 3.05) is 19.6 Å². The first-order valence-electron chi connectivity index (χ1n) is 7.58. The van der Waals surface area contributed by atoms with E-state index in [1.54, 1.807) is 6.07 Å². The molecule has 1 aliphatic heterocycles. The van der Waals surface area contributed by atoms with Crippen molar-refractivity contribution < 1.29 is 18.0 Å². The lowest BCUT2D eigenvalue weighted by molar-refractivity contribution is -0.137. The molecule has 1 unspecified atom stereocenters. The average molecular weight is 351 g/mol. The van der Waals surface area contributed by atoms with Crippen LogP contribution < -0.4 is 10.6 Å². The van der Waals surface area contributed by atoms with Gasteiger partial charge in [-0.1, -0.05) is 18.2 Å². The molecule has 0 aliphatic carbocycles. The summed E-state index contributed by atoms with van der Waals surface area (Å²) in [6.07, 6.45) is -1.17. The summed E-state index contributed by atoms with van der Waals surface area (Å²) in [7, 11) is 0. The third-order valence-corrected chi connectivity index (χ3v) is 3.89. The normalized spacial score (nSPS) is 18.1. The van der Waals surface area contributed by atoms with Crippen LogP contribution in [0.1, 0.15) is 30.4 Å². The second kappa shape index (κ2) is 9.13. The molecule has 0 spiro atoms. The van der Waals surface area contributed by atoms with E-state index in [2.05, 4.69) is 10.6 Å². The molecule has 7 heteroatoms. The minimum absolute atomic E-state index is 0. The van der Waals surface area contributed by atoms with Gasteiger partial charge < -0.3 is 10.6 Å². The molecule has 2 N–H and O–H groups in total. The van der Waals surface area contributed by atoms with Crippen LogP contribution in [0, 0.1) is 5.92 Å². The Morgan fingerprint density at radius 1 is 1.35 bits per heavy atom. The predicted octanol–water partition coefficient (Wildman–Crippen LogP) is 3.18. The number of piperidine rings is 1. The van der Waals surface area contributed by atoms with Crippen molar-refractivity contribution in [3.05, 3.63) is 35.4 Å². The molecule has 0 aromatic heterocycles. The van der Waals surface area contributed by atoms with Crippen LogP contribution in [0.25, 0.3) is 0 Å². The van der Waals surface area contributed by atoms with E-state index in [4.69, 9.17) is 0 Å². The zero-order valence-corrected chi connectivity index (χ0v) is 13.6. The fourth-order valence-corrected chi connectivity index (χ4v) is 2.69. The fourth-order valence-electron chi connectivity index (χ4n) is 2.69. The van der Waals surface area contributed by atoms with Crippen LogP contribution >= 0.6 is 12.4 Å². The quantitative estimate of drug-likeness (QED) is 0.856. The Morgan fingerprint density at radius 3 is 2.78 bits per heavy atom. The number of benzene rings is 1. The summed E-state index contributed by atoms with van der Waals surface area (Å²) in [5.74, 6) is 0.339. The largest absolute Gasteiger partial charge is 0.416 e. The number of carbonyl (C=O) groups excluding carboxylic acids is 1. The van der Waals surface area contributed by atoms with Gasteiger partial charge in [0.1, 0.15) is 0 Å².